The first-order valence-corrected chi connectivity index (χ1v) is 10.9. The number of ether oxygens (including phenoxy) is 1. The van der Waals surface area contributed by atoms with Gasteiger partial charge in [0.2, 0.25) is 11.7 Å². The molecule has 0 aliphatic carbocycles. The Hall–Kier alpha value is -3.06. The van der Waals surface area contributed by atoms with Gasteiger partial charge in [-0.05, 0) is 68.7 Å². The van der Waals surface area contributed by atoms with Gasteiger partial charge in [-0.1, -0.05) is 16.8 Å². The van der Waals surface area contributed by atoms with Crippen LogP contribution in [-0.2, 0) is 6.54 Å². The molecule has 8 heteroatoms. The summed E-state index contributed by atoms with van der Waals surface area (Å²) in [6.07, 6.45) is 3.25. The van der Waals surface area contributed by atoms with E-state index >= 15 is 0 Å². The van der Waals surface area contributed by atoms with E-state index in [-0.39, 0.29) is 12.5 Å². The number of rotatable bonds is 7. The lowest BCUT2D eigenvalue weighted by Gasteiger charge is -2.27. The SMILES string of the molecule is CCOc1ccc(-c2noc(CNc3cc(Cl)ccc3C(=O)N3CCCCC3)n2)cc1. The van der Waals surface area contributed by atoms with Gasteiger partial charge in [-0.25, -0.2) is 0 Å². The molecule has 1 N–H and O–H groups in total. The molecular formula is C23H25ClN4O3. The smallest absolute Gasteiger partial charge is 0.255 e. The number of halogens is 1. The fourth-order valence-electron chi connectivity index (χ4n) is 3.60. The summed E-state index contributed by atoms with van der Waals surface area (Å²) in [5.74, 6) is 1.72. The van der Waals surface area contributed by atoms with Gasteiger partial charge in [-0.15, -0.1) is 0 Å². The van der Waals surface area contributed by atoms with E-state index in [2.05, 4.69) is 15.5 Å². The fraction of sp³-hybridized carbons (Fsp3) is 0.348. The van der Waals surface area contributed by atoms with Crippen LogP contribution in [0.3, 0.4) is 0 Å². The molecule has 3 aromatic rings. The second-order valence-corrected chi connectivity index (χ2v) is 7.80. The molecule has 2 aromatic carbocycles. The van der Waals surface area contributed by atoms with Crippen LogP contribution in [0.2, 0.25) is 5.02 Å². The van der Waals surface area contributed by atoms with Crippen molar-refractivity contribution in [1.29, 1.82) is 0 Å². The molecule has 1 amide bonds. The number of piperidine rings is 1. The van der Waals surface area contributed by atoms with Crippen LogP contribution in [0.1, 0.15) is 42.4 Å². The van der Waals surface area contributed by atoms with Crippen LogP contribution in [-0.4, -0.2) is 40.6 Å². The number of benzene rings is 2. The Morgan fingerprint density at radius 3 is 2.68 bits per heavy atom. The first kappa shape index (κ1) is 21.2. The zero-order valence-corrected chi connectivity index (χ0v) is 18.2. The van der Waals surface area contributed by atoms with Crippen LogP contribution in [0, 0.1) is 0 Å². The zero-order chi connectivity index (χ0) is 21.6. The minimum atomic E-state index is 0.0134. The summed E-state index contributed by atoms with van der Waals surface area (Å²) in [5.41, 5.74) is 2.09. The van der Waals surface area contributed by atoms with Crippen LogP contribution >= 0.6 is 11.6 Å². The van der Waals surface area contributed by atoms with E-state index in [4.69, 9.17) is 20.9 Å². The molecule has 0 atom stereocenters. The van der Waals surface area contributed by atoms with Crippen molar-refractivity contribution in [3.8, 4) is 17.1 Å². The molecule has 0 radical (unpaired) electrons. The normalized spacial score (nSPS) is 13.8. The van der Waals surface area contributed by atoms with Gasteiger partial charge in [0.25, 0.3) is 5.91 Å². The zero-order valence-electron chi connectivity index (χ0n) is 17.4. The second kappa shape index (κ2) is 9.83. The summed E-state index contributed by atoms with van der Waals surface area (Å²) in [5, 5.41) is 7.84. The third-order valence-corrected chi connectivity index (χ3v) is 5.41. The van der Waals surface area contributed by atoms with E-state index in [0.717, 1.165) is 37.2 Å². The molecule has 1 aliphatic heterocycles. The Labute approximate surface area is 186 Å². The van der Waals surface area contributed by atoms with E-state index < -0.39 is 0 Å². The quantitative estimate of drug-likeness (QED) is 0.555. The third kappa shape index (κ3) is 5.17. The highest BCUT2D eigenvalue weighted by Crippen LogP contribution is 2.25. The van der Waals surface area contributed by atoms with Crippen molar-refractivity contribution >= 4 is 23.2 Å². The van der Waals surface area contributed by atoms with E-state index in [1.54, 1.807) is 18.2 Å². The Morgan fingerprint density at radius 2 is 1.94 bits per heavy atom. The van der Waals surface area contributed by atoms with Gasteiger partial charge in [0, 0.05) is 29.4 Å². The number of hydrogen-bond acceptors (Lipinski definition) is 6. The molecule has 2 heterocycles. The molecular weight excluding hydrogens is 416 g/mol. The number of nitrogens with one attached hydrogen (secondary N) is 1. The number of hydrogen-bond donors (Lipinski definition) is 1. The molecule has 1 aliphatic rings. The van der Waals surface area contributed by atoms with Crippen molar-refractivity contribution in [2.24, 2.45) is 0 Å². The summed E-state index contributed by atoms with van der Waals surface area (Å²) >= 11 is 6.18. The summed E-state index contributed by atoms with van der Waals surface area (Å²) in [7, 11) is 0. The Balaban J connectivity index is 1.46. The van der Waals surface area contributed by atoms with Gasteiger partial charge in [-0.2, -0.15) is 4.98 Å². The van der Waals surface area contributed by atoms with Gasteiger partial charge in [0.15, 0.2) is 0 Å². The van der Waals surface area contributed by atoms with E-state index in [1.165, 1.54) is 6.42 Å². The second-order valence-electron chi connectivity index (χ2n) is 7.37. The number of aromatic nitrogens is 2. The fourth-order valence-corrected chi connectivity index (χ4v) is 3.77. The van der Waals surface area contributed by atoms with Crippen LogP contribution in [0.4, 0.5) is 5.69 Å². The van der Waals surface area contributed by atoms with Crippen LogP contribution in [0.25, 0.3) is 11.4 Å². The molecule has 1 saturated heterocycles. The maximum absolute atomic E-state index is 13.0. The van der Waals surface area contributed by atoms with E-state index in [1.807, 2.05) is 36.1 Å². The first-order chi connectivity index (χ1) is 15.1. The molecule has 31 heavy (non-hydrogen) atoms. The Kier molecular flexibility index (Phi) is 6.72. The topological polar surface area (TPSA) is 80.5 Å². The molecule has 0 spiro atoms. The Morgan fingerprint density at radius 1 is 1.16 bits per heavy atom. The highest BCUT2D eigenvalue weighted by molar-refractivity contribution is 6.31. The lowest BCUT2D eigenvalue weighted by atomic mass is 10.1. The number of anilines is 1. The van der Waals surface area contributed by atoms with Crippen molar-refractivity contribution in [2.45, 2.75) is 32.7 Å². The molecule has 1 aromatic heterocycles. The summed E-state index contributed by atoms with van der Waals surface area (Å²) in [6, 6.07) is 12.8. The van der Waals surface area contributed by atoms with Gasteiger partial charge in [-0.3, -0.25) is 4.79 Å². The first-order valence-electron chi connectivity index (χ1n) is 10.5. The minimum Gasteiger partial charge on any atom is -0.494 e. The number of carbonyl (C=O) groups is 1. The molecule has 0 bridgehead atoms. The minimum absolute atomic E-state index is 0.0134. The maximum Gasteiger partial charge on any atom is 0.255 e. The highest BCUT2D eigenvalue weighted by atomic mass is 35.5. The van der Waals surface area contributed by atoms with Gasteiger partial charge < -0.3 is 19.5 Å². The number of amides is 1. The van der Waals surface area contributed by atoms with Gasteiger partial charge in [0.05, 0.1) is 18.7 Å². The molecule has 162 valence electrons. The summed E-state index contributed by atoms with van der Waals surface area (Å²) < 4.78 is 10.8. The van der Waals surface area contributed by atoms with Gasteiger partial charge in [0.1, 0.15) is 5.75 Å². The van der Waals surface area contributed by atoms with Gasteiger partial charge >= 0.3 is 0 Å². The average Bonchev–Trinajstić information content (AvgIpc) is 3.28. The monoisotopic (exact) mass is 440 g/mol. The van der Waals surface area contributed by atoms with Crippen molar-refractivity contribution in [1.82, 2.24) is 15.0 Å². The predicted molar refractivity (Wildman–Crippen MR) is 119 cm³/mol. The largest absolute Gasteiger partial charge is 0.494 e. The van der Waals surface area contributed by atoms with Crippen molar-refractivity contribution in [3.63, 3.8) is 0 Å². The highest BCUT2D eigenvalue weighted by Gasteiger charge is 2.21. The molecule has 1 fully saturated rings. The number of nitrogens with zero attached hydrogens (tertiary/aromatic N) is 3. The van der Waals surface area contributed by atoms with Crippen molar-refractivity contribution in [2.75, 3.05) is 25.0 Å². The average molecular weight is 441 g/mol. The van der Waals surface area contributed by atoms with Crippen LogP contribution in [0.15, 0.2) is 47.0 Å². The van der Waals surface area contributed by atoms with E-state index in [0.29, 0.717) is 34.6 Å². The number of carbonyl (C=O) groups excluding carboxylic acids is 1. The third-order valence-electron chi connectivity index (χ3n) is 5.18. The lowest BCUT2D eigenvalue weighted by molar-refractivity contribution is 0.0725. The molecule has 0 unspecified atom stereocenters. The standard InChI is InChI=1S/C23H25ClN4O3/c1-2-30-18-9-6-16(7-10-18)22-26-21(31-27-22)15-25-20-14-17(24)8-11-19(20)23(29)28-12-4-3-5-13-28/h6-11,14,25H,2-5,12-13,15H2,1H3. The summed E-state index contributed by atoms with van der Waals surface area (Å²) in [6.45, 7) is 4.41. The van der Waals surface area contributed by atoms with Crippen molar-refractivity contribution in [3.05, 3.63) is 58.9 Å². The van der Waals surface area contributed by atoms with Crippen LogP contribution < -0.4 is 10.1 Å². The molecule has 0 saturated carbocycles. The number of likely N-dealkylation sites (tertiary alicyclic amines) is 1. The Bertz CT molecular complexity index is 1030. The molecule has 4 rings (SSSR count). The summed E-state index contributed by atoms with van der Waals surface area (Å²) in [4.78, 5) is 19.3. The maximum atomic E-state index is 13.0. The lowest BCUT2D eigenvalue weighted by Crippen LogP contribution is -2.36. The van der Waals surface area contributed by atoms with Crippen LogP contribution in [0.5, 0.6) is 5.75 Å². The molecule has 7 nitrogen and oxygen atoms in total. The predicted octanol–water partition coefficient (Wildman–Crippen LogP) is 5.03. The van der Waals surface area contributed by atoms with E-state index in [9.17, 15) is 4.79 Å². The van der Waals surface area contributed by atoms with Crippen molar-refractivity contribution < 1.29 is 14.1 Å².